The second kappa shape index (κ2) is 30.1. The van der Waals surface area contributed by atoms with Gasteiger partial charge in [-0.3, -0.25) is 29.5 Å². The van der Waals surface area contributed by atoms with Gasteiger partial charge < -0.3 is 32.2 Å². The molecular weight excluding hydrogens is 1450 g/mol. The van der Waals surface area contributed by atoms with Crippen LogP contribution in [-0.2, 0) is 52.0 Å². The predicted octanol–water partition coefficient (Wildman–Crippen LogP) is 20.5. The van der Waals surface area contributed by atoms with Crippen LogP contribution < -0.4 is 0 Å². The normalized spacial score (nSPS) is 12.1. The van der Waals surface area contributed by atoms with Crippen LogP contribution >= 0.6 is 0 Å². The van der Waals surface area contributed by atoms with E-state index in [1.54, 1.807) is 0 Å². The van der Waals surface area contributed by atoms with Crippen LogP contribution in [0.15, 0.2) is 242 Å². The summed E-state index contributed by atoms with van der Waals surface area (Å²) in [6.07, 6.45) is 14.7. The first-order valence-electron chi connectivity index (χ1n) is 35.1. The van der Waals surface area contributed by atoms with Gasteiger partial charge in [-0.05, 0) is 195 Å². The average Bonchev–Trinajstić information content (AvgIpc) is 1.59. The summed E-state index contributed by atoms with van der Waals surface area (Å²) in [5.74, 6) is 1.61. The summed E-state index contributed by atoms with van der Waals surface area (Å²) in [7, 11) is 0. The van der Waals surface area contributed by atoms with E-state index in [-0.39, 0.29) is 50.3 Å². The van der Waals surface area contributed by atoms with Crippen molar-refractivity contribution in [3.63, 3.8) is 0 Å². The van der Waals surface area contributed by atoms with Crippen LogP contribution in [0.1, 0.15) is 78.5 Å². The van der Waals surface area contributed by atoms with Gasteiger partial charge in [-0.15, -0.1) is 71.8 Å². The van der Waals surface area contributed by atoms with Gasteiger partial charge in [0, 0.05) is 114 Å². The van der Waals surface area contributed by atoms with Gasteiger partial charge in [0.25, 0.3) is 0 Å². The fourth-order valence-electron chi connectivity index (χ4n) is 14.9. The number of furan rings is 1. The predicted molar refractivity (Wildman–Crippen MR) is 409 cm³/mol. The van der Waals surface area contributed by atoms with E-state index >= 15 is 0 Å². The molecule has 0 aliphatic heterocycles. The summed E-state index contributed by atoms with van der Waals surface area (Å²) >= 11 is 0. The smallest absolute Gasteiger partial charge is 0.306 e. The maximum Gasteiger partial charge on any atom is 0.306 e. The summed E-state index contributed by atoms with van der Waals surface area (Å²) < 4.78 is 26.9. The van der Waals surface area contributed by atoms with Crippen LogP contribution in [0.5, 0.6) is 0 Å². The zero-order valence-corrected chi connectivity index (χ0v) is 61.2. The fraction of sp³-hybridized carbons (Fsp3) is 0.191. The minimum absolute atomic E-state index is 0. The number of rotatable bonds is 20. The molecule has 515 valence electrons. The third-order valence-corrected chi connectivity index (χ3v) is 19.6. The Morgan fingerprint density at radius 2 is 1.00 bits per heavy atom. The van der Waals surface area contributed by atoms with Gasteiger partial charge >= 0.3 is 11.9 Å². The van der Waals surface area contributed by atoms with Crippen LogP contribution in [0, 0.1) is 58.6 Å². The van der Waals surface area contributed by atoms with Crippen LogP contribution in [-0.4, -0.2) is 63.4 Å². The monoisotopic (exact) mass is 1530 g/mol. The number of hydrogen-bond donors (Lipinski definition) is 0. The topological polar surface area (TPSA) is 137 Å². The van der Waals surface area contributed by atoms with Crippen molar-refractivity contribution in [3.05, 3.63) is 288 Å². The minimum atomic E-state index is -0.224. The van der Waals surface area contributed by atoms with Gasteiger partial charge in [0.15, 0.2) is 0 Å². The molecule has 7 aromatic heterocycles. The number of aryl methyl sites for hydroxylation is 7. The number of esters is 2. The van der Waals surface area contributed by atoms with Gasteiger partial charge in [0.2, 0.25) is 0 Å². The van der Waals surface area contributed by atoms with E-state index in [9.17, 15) is 9.59 Å². The SMILES string of the molecule is CCC(COC(=O)CCc1cccc(-n2c3ccc(-c4ccc5oc6ccc(-n7c8ccccc8c8ncccc87)cc6c5c4)cc3c3ncccc32)c1)CC(C)COC(=O)CCc1cc(C)c(-n2ccnc2-c2[c-]cccc2)c(C)c1.Cc1cc(C)c(-n2ccnc2-c2[c-]cccc2)c(C)c1.[Ir]. The molecular formula is C89H78IrN8O5-2. The van der Waals surface area contributed by atoms with Crippen molar-refractivity contribution in [3.8, 4) is 56.7 Å². The van der Waals surface area contributed by atoms with Crippen molar-refractivity contribution in [2.24, 2.45) is 11.8 Å². The molecule has 2 atom stereocenters. The van der Waals surface area contributed by atoms with Crippen molar-refractivity contribution < 1.29 is 43.6 Å². The quantitative estimate of drug-likeness (QED) is 0.0539. The molecule has 103 heavy (non-hydrogen) atoms. The summed E-state index contributed by atoms with van der Waals surface area (Å²) in [6.45, 7) is 15.5. The maximum atomic E-state index is 13.3. The van der Waals surface area contributed by atoms with E-state index in [0.717, 1.165) is 152 Å². The van der Waals surface area contributed by atoms with Crippen LogP contribution in [0.4, 0.5) is 0 Å². The van der Waals surface area contributed by atoms with Crippen molar-refractivity contribution in [1.29, 1.82) is 0 Å². The van der Waals surface area contributed by atoms with E-state index in [0.29, 0.717) is 32.5 Å². The standard InChI is InChI=1S/C71H61N6O5.C18H17N2.Ir/c1-5-48(36-45(2)43-80-66(78)31-23-50-37-46(3)70(47(4)38-50)75-35-34-74-71(75)51-15-7-6-8-16-51)44-81-67(79)30-22-49-14-11-17-54(39-49)76-61-27-24-52(41-59(61)69-63(76)21-13-33-73-69)53-25-28-64-57(40-53)58-42-55(26-29-65(58)82-64)77-60-19-10-9-18-56(60)68-62(77)20-12-32-72-68;1-13-11-14(2)17(15(3)12-13)20-10-9-19-18(20)16-7-5-4-6-8-16;/h6-15,17-21,24-29,32-35,37-42,45,48H,5,22-23,30-31,36,43-44H2,1-4H3;4-7,9-12H,1-3H3;/q2*-1;. The molecule has 7 heterocycles. The van der Waals surface area contributed by atoms with Crippen molar-refractivity contribution in [2.45, 2.75) is 87.0 Å². The molecule has 0 saturated carbocycles. The molecule has 13 nitrogen and oxygen atoms in total. The first kappa shape index (κ1) is 68.8. The Bertz CT molecular complexity index is 5690. The Morgan fingerprint density at radius 1 is 0.476 bits per heavy atom. The summed E-state index contributed by atoms with van der Waals surface area (Å²) in [6, 6.07) is 75.5. The first-order valence-corrected chi connectivity index (χ1v) is 35.1. The first-order chi connectivity index (χ1) is 49.8. The largest absolute Gasteiger partial charge is 0.465 e. The molecule has 2 unspecified atom stereocenters. The van der Waals surface area contributed by atoms with E-state index in [1.165, 1.54) is 22.4 Å². The van der Waals surface area contributed by atoms with Gasteiger partial charge in [0.1, 0.15) is 11.2 Å². The Hall–Kier alpha value is -11.3. The number of para-hydroxylation sites is 1. The third kappa shape index (κ3) is 14.1. The molecule has 0 aliphatic carbocycles. The molecule has 1 radical (unpaired) electrons. The van der Waals surface area contributed by atoms with Gasteiger partial charge in [-0.2, -0.15) is 0 Å². The number of imidazole rings is 2. The van der Waals surface area contributed by atoms with E-state index in [1.807, 2.05) is 97.8 Å². The second-order valence-corrected chi connectivity index (χ2v) is 26.9. The van der Waals surface area contributed by atoms with Crippen LogP contribution in [0.25, 0.3) is 122 Å². The molecule has 0 aliphatic rings. The van der Waals surface area contributed by atoms with Crippen molar-refractivity contribution in [1.82, 2.24) is 38.2 Å². The number of ether oxygens (including phenoxy) is 2. The minimum Gasteiger partial charge on any atom is -0.465 e. The number of carbonyl (C=O) groups excluding carboxylic acids is 2. The zero-order valence-electron chi connectivity index (χ0n) is 58.8. The molecule has 9 aromatic carbocycles. The third-order valence-electron chi connectivity index (χ3n) is 19.6. The van der Waals surface area contributed by atoms with E-state index < -0.39 is 0 Å². The van der Waals surface area contributed by atoms with Crippen molar-refractivity contribution >= 4 is 77.7 Å². The fourth-order valence-corrected chi connectivity index (χ4v) is 14.9. The van der Waals surface area contributed by atoms with Crippen molar-refractivity contribution in [2.75, 3.05) is 13.2 Å². The number of nitrogens with zero attached hydrogens (tertiary/aromatic N) is 8. The molecule has 14 heteroatoms. The van der Waals surface area contributed by atoms with E-state index in [2.05, 4.69) is 228 Å². The van der Waals surface area contributed by atoms with Crippen LogP contribution in [0.2, 0.25) is 0 Å². The molecule has 0 saturated heterocycles. The number of carbonyl (C=O) groups is 2. The van der Waals surface area contributed by atoms with Crippen LogP contribution in [0.3, 0.4) is 0 Å². The molecule has 0 fully saturated rings. The maximum absolute atomic E-state index is 13.3. The number of hydrogen-bond acceptors (Lipinski definition) is 9. The van der Waals surface area contributed by atoms with Gasteiger partial charge in [-0.25, -0.2) is 0 Å². The number of benzene rings is 9. The Balaban J connectivity index is 0.000000367. The van der Waals surface area contributed by atoms with Gasteiger partial charge in [-0.1, -0.05) is 92.6 Å². The molecule has 16 rings (SSSR count). The van der Waals surface area contributed by atoms with E-state index in [4.69, 9.17) is 23.9 Å². The molecule has 0 spiro atoms. The second-order valence-electron chi connectivity index (χ2n) is 26.9. The number of aromatic nitrogens is 8. The molecule has 0 N–H and O–H groups in total. The zero-order chi connectivity index (χ0) is 70.0. The van der Waals surface area contributed by atoms with Gasteiger partial charge in [0.05, 0.1) is 58.0 Å². The Kier molecular flexibility index (Phi) is 20.1. The summed E-state index contributed by atoms with van der Waals surface area (Å²) in [5, 5.41) is 4.26. The number of fused-ring (bicyclic) bond motifs is 9. The summed E-state index contributed by atoms with van der Waals surface area (Å²) in [5.41, 5.74) is 24.4. The summed E-state index contributed by atoms with van der Waals surface area (Å²) in [4.78, 5) is 45.1. The number of pyridine rings is 2. The average molecular weight is 1530 g/mol. The Morgan fingerprint density at radius 3 is 1.62 bits per heavy atom. The molecule has 0 amide bonds. The molecule has 0 bridgehead atoms. The Labute approximate surface area is 612 Å². The molecule has 16 aromatic rings.